The summed E-state index contributed by atoms with van der Waals surface area (Å²) >= 11 is 1.57. The van der Waals surface area contributed by atoms with Crippen molar-refractivity contribution in [3.05, 3.63) is 6.33 Å². The van der Waals surface area contributed by atoms with E-state index in [0.29, 0.717) is 5.92 Å². The highest BCUT2D eigenvalue weighted by Crippen LogP contribution is 2.46. The molecule has 1 saturated carbocycles. The van der Waals surface area contributed by atoms with E-state index in [-0.39, 0.29) is 16.6 Å². The van der Waals surface area contributed by atoms with Crippen LogP contribution < -0.4 is 0 Å². The van der Waals surface area contributed by atoms with E-state index in [4.69, 9.17) is 0 Å². The van der Waals surface area contributed by atoms with Crippen LogP contribution in [0.3, 0.4) is 0 Å². The largest absolute Gasteiger partial charge is 0.481 e. The molecule has 2 rings (SSSR count). The second kappa shape index (κ2) is 6.38. The predicted octanol–water partition coefficient (Wildman–Crippen LogP) is 3.21. The summed E-state index contributed by atoms with van der Waals surface area (Å²) in [6.07, 6.45) is 5.49. The molecule has 6 heteroatoms. The summed E-state index contributed by atoms with van der Waals surface area (Å²) in [6.45, 7) is 6.81. The first-order valence-electron chi connectivity index (χ1n) is 7.58. The smallest absolute Gasteiger partial charge is 0.307 e. The monoisotopic (exact) mass is 311 g/mol. The van der Waals surface area contributed by atoms with Gasteiger partial charge in [-0.3, -0.25) is 4.79 Å². The molecule has 21 heavy (non-hydrogen) atoms. The van der Waals surface area contributed by atoms with E-state index in [0.717, 1.165) is 30.8 Å². The molecule has 0 aromatic carbocycles. The predicted molar refractivity (Wildman–Crippen MR) is 83.2 cm³/mol. The Kier molecular flexibility index (Phi) is 4.96. The van der Waals surface area contributed by atoms with E-state index in [1.165, 1.54) is 0 Å². The van der Waals surface area contributed by atoms with E-state index >= 15 is 0 Å². The van der Waals surface area contributed by atoms with Crippen LogP contribution in [-0.4, -0.2) is 31.1 Å². The standard InChI is InChI=1S/C15H25N3O2S/c1-5-15(2,3)10-6-7-11(13(19)20)12(8-10)21-14-17-16-9-18(14)4/h9-12H,5-8H2,1-4H3,(H,19,20). The average molecular weight is 311 g/mol. The molecule has 1 N–H and O–H groups in total. The second-order valence-corrected chi connectivity index (χ2v) is 7.88. The van der Waals surface area contributed by atoms with Crippen LogP contribution in [-0.2, 0) is 11.8 Å². The summed E-state index contributed by atoms with van der Waals surface area (Å²) < 4.78 is 1.86. The van der Waals surface area contributed by atoms with Crippen molar-refractivity contribution in [3.63, 3.8) is 0 Å². The van der Waals surface area contributed by atoms with E-state index in [2.05, 4.69) is 31.0 Å². The van der Waals surface area contributed by atoms with Gasteiger partial charge in [0, 0.05) is 12.3 Å². The maximum Gasteiger partial charge on any atom is 0.307 e. The van der Waals surface area contributed by atoms with Crippen molar-refractivity contribution in [1.29, 1.82) is 0 Å². The first-order chi connectivity index (χ1) is 9.85. The summed E-state index contributed by atoms with van der Waals surface area (Å²) in [5, 5.41) is 18.4. The van der Waals surface area contributed by atoms with Gasteiger partial charge in [-0.2, -0.15) is 0 Å². The Hall–Kier alpha value is -1.04. The minimum atomic E-state index is -0.678. The molecular formula is C15H25N3O2S. The number of aryl methyl sites for hydroxylation is 1. The van der Waals surface area contributed by atoms with Crippen LogP contribution in [0.25, 0.3) is 0 Å². The number of carboxylic acids is 1. The number of rotatable bonds is 5. The average Bonchev–Trinajstić information content (AvgIpc) is 2.84. The van der Waals surface area contributed by atoms with Crippen molar-refractivity contribution < 1.29 is 9.90 Å². The van der Waals surface area contributed by atoms with Crippen molar-refractivity contribution in [1.82, 2.24) is 14.8 Å². The number of aromatic nitrogens is 3. The van der Waals surface area contributed by atoms with Crippen LogP contribution in [0.5, 0.6) is 0 Å². The van der Waals surface area contributed by atoms with E-state index < -0.39 is 5.97 Å². The molecule has 5 nitrogen and oxygen atoms in total. The summed E-state index contributed by atoms with van der Waals surface area (Å²) in [7, 11) is 1.90. The Morgan fingerprint density at radius 2 is 2.24 bits per heavy atom. The molecule has 0 aliphatic heterocycles. The third-order valence-corrected chi connectivity index (χ3v) is 6.46. The summed E-state index contributed by atoms with van der Waals surface area (Å²) in [6, 6.07) is 0. The number of aliphatic carboxylic acids is 1. The van der Waals surface area contributed by atoms with Gasteiger partial charge in [0.15, 0.2) is 5.16 Å². The molecule has 3 unspecified atom stereocenters. The van der Waals surface area contributed by atoms with Crippen LogP contribution in [0.15, 0.2) is 11.5 Å². The SMILES string of the molecule is CCC(C)(C)C1CCC(C(=O)O)C(Sc2nncn2C)C1. The van der Waals surface area contributed by atoms with E-state index in [9.17, 15) is 9.90 Å². The molecular weight excluding hydrogens is 286 g/mol. The minimum Gasteiger partial charge on any atom is -0.481 e. The van der Waals surface area contributed by atoms with Crippen LogP contribution >= 0.6 is 11.8 Å². The van der Waals surface area contributed by atoms with Crippen LogP contribution in [0, 0.1) is 17.3 Å². The maximum atomic E-state index is 11.5. The van der Waals surface area contributed by atoms with Gasteiger partial charge in [-0.15, -0.1) is 10.2 Å². The lowest BCUT2D eigenvalue weighted by molar-refractivity contribution is -0.143. The molecule has 118 valence electrons. The van der Waals surface area contributed by atoms with Crippen LogP contribution in [0.2, 0.25) is 0 Å². The van der Waals surface area contributed by atoms with Gasteiger partial charge >= 0.3 is 5.97 Å². The number of carbonyl (C=O) groups is 1. The molecule has 1 heterocycles. The van der Waals surface area contributed by atoms with Crippen molar-refractivity contribution in [3.8, 4) is 0 Å². The molecule has 1 fully saturated rings. The molecule has 0 saturated heterocycles. The zero-order valence-corrected chi connectivity index (χ0v) is 14.1. The highest BCUT2D eigenvalue weighted by Gasteiger charge is 2.41. The molecule has 0 amide bonds. The van der Waals surface area contributed by atoms with Gasteiger partial charge in [-0.25, -0.2) is 0 Å². The zero-order chi connectivity index (χ0) is 15.6. The first kappa shape index (κ1) is 16.3. The lowest BCUT2D eigenvalue weighted by Gasteiger charge is -2.41. The van der Waals surface area contributed by atoms with Gasteiger partial charge in [0.1, 0.15) is 6.33 Å². The highest BCUT2D eigenvalue weighted by atomic mass is 32.2. The van der Waals surface area contributed by atoms with Gasteiger partial charge in [0.05, 0.1) is 5.92 Å². The van der Waals surface area contributed by atoms with Crippen molar-refractivity contribution in [2.75, 3.05) is 0 Å². The summed E-state index contributed by atoms with van der Waals surface area (Å²) in [4.78, 5) is 11.5. The Morgan fingerprint density at radius 1 is 1.52 bits per heavy atom. The summed E-state index contributed by atoms with van der Waals surface area (Å²) in [5.74, 6) is -0.387. The normalized spacial score (nSPS) is 26.8. The van der Waals surface area contributed by atoms with Crippen LogP contribution in [0.1, 0.15) is 46.5 Å². The fourth-order valence-corrected chi connectivity index (χ4v) is 4.38. The van der Waals surface area contributed by atoms with Crippen molar-refractivity contribution >= 4 is 17.7 Å². The lowest BCUT2D eigenvalue weighted by atomic mass is 9.67. The minimum absolute atomic E-state index is 0.0787. The lowest BCUT2D eigenvalue weighted by Crippen LogP contribution is -2.38. The molecule has 3 atom stereocenters. The van der Waals surface area contributed by atoms with E-state index in [1.807, 2.05) is 11.6 Å². The molecule has 1 aromatic rings. The Balaban J connectivity index is 2.16. The van der Waals surface area contributed by atoms with Gasteiger partial charge in [-0.05, 0) is 30.6 Å². The fraction of sp³-hybridized carbons (Fsp3) is 0.800. The number of hydrogen-bond acceptors (Lipinski definition) is 4. The molecule has 1 aliphatic rings. The Morgan fingerprint density at radius 3 is 2.76 bits per heavy atom. The molecule has 1 aromatic heterocycles. The Labute approximate surface area is 130 Å². The van der Waals surface area contributed by atoms with E-state index in [1.54, 1.807) is 18.1 Å². The van der Waals surface area contributed by atoms with Gasteiger partial charge < -0.3 is 9.67 Å². The first-order valence-corrected chi connectivity index (χ1v) is 8.46. The van der Waals surface area contributed by atoms with Gasteiger partial charge in [-0.1, -0.05) is 39.0 Å². The molecule has 0 bridgehead atoms. The van der Waals surface area contributed by atoms with Gasteiger partial charge in [0.2, 0.25) is 0 Å². The summed E-state index contributed by atoms with van der Waals surface area (Å²) in [5.41, 5.74) is 0.266. The van der Waals surface area contributed by atoms with Crippen LogP contribution in [0.4, 0.5) is 0 Å². The quantitative estimate of drug-likeness (QED) is 0.904. The van der Waals surface area contributed by atoms with Gasteiger partial charge in [0.25, 0.3) is 0 Å². The fourth-order valence-electron chi connectivity index (χ4n) is 3.06. The number of nitrogens with zero attached hydrogens (tertiary/aromatic N) is 3. The molecule has 0 radical (unpaired) electrons. The number of carboxylic acid groups (broad SMARTS) is 1. The number of thioether (sulfide) groups is 1. The highest BCUT2D eigenvalue weighted by molar-refractivity contribution is 7.99. The Bertz CT molecular complexity index is 501. The topological polar surface area (TPSA) is 68.0 Å². The second-order valence-electron chi connectivity index (χ2n) is 6.68. The number of hydrogen-bond donors (Lipinski definition) is 1. The van der Waals surface area contributed by atoms with Crippen molar-refractivity contribution in [2.45, 2.75) is 56.9 Å². The molecule has 0 spiro atoms. The third kappa shape index (κ3) is 3.59. The van der Waals surface area contributed by atoms with Crippen molar-refractivity contribution in [2.24, 2.45) is 24.3 Å². The zero-order valence-electron chi connectivity index (χ0n) is 13.2. The maximum absolute atomic E-state index is 11.5. The third-order valence-electron chi connectivity index (χ3n) is 5.05. The molecule has 1 aliphatic carbocycles.